The topological polar surface area (TPSA) is 25.8 Å². The van der Waals surface area contributed by atoms with E-state index in [1.54, 1.807) is 0 Å². The van der Waals surface area contributed by atoms with Gasteiger partial charge >= 0.3 is 0 Å². The van der Waals surface area contributed by atoms with Gasteiger partial charge in [0, 0.05) is 32.3 Å². The van der Waals surface area contributed by atoms with Crippen LogP contribution in [-0.4, -0.2) is 9.97 Å². The van der Waals surface area contributed by atoms with Crippen molar-refractivity contribution in [3.05, 3.63) is 132 Å². The zero-order valence-corrected chi connectivity index (χ0v) is 27.2. The standard InChI is InChI=1S/C45H42N2/c1(2-4-6-8-22-36-38-24-14-16-26-42(38)46-44-34-20-12-10-18-32(34)28-30-40(36)44)3-5-7-9-23-37-39-25-15-17-27-43(39)47-45-35-21-13-11-19-33(35)29-31-41(37)45/h10-21,24-31H,1-9,22-23H2. The molecule has 2 aromatic heterocycles. The zero-order valence-electron chi connectivity index (χ0n) is 27.2. The number of pyridine rings is 2. The van der Waals surface area contributed by atoms with Gasteiger partial charge in [-0.15, -0.1) is 0 Å². The van der Waals surface area contributed by atoms with Gasteiger partial charge in [-0.25, -0.2) is 9.97 Å². The molecular formula is C45H42N2. The van der Waals surface area contributed by atoms with Crippen molar-refractivity contribution >= 4 is 65.2 Å². The molecule has 0 atom stereocenters. The molecule has 0 amide bonds. The largest absolute Gasteiger partial charge is 0.247 e. The molecule has 2 heterocycles. The van der Waals surface area contributed by atoms with Gasteiger partial charge in [-0.2, -0.15) is 0 Å². The number of fused-ring (bicyclic) bond motifs is 8. The molecule has 2 nitrogen and oxygen atoms in total. The van der Waals surface area contributed by atoms with Crippen LogP contribution >= 0.6 is 0 Å². The number of aryl methyl sites for hydroxylation is 2. The number of benzene rings is 6. The van der Waals surface area contributed by atoms with E-state index in [1.807, 2.05) is 0 Å². The molecule has 232 valence electrons. The molecule has 8 aromatic rings. The van der Waals surface area contributed by atoms with Gasteiger partial charge in [-0.3, -0.25) is 0 Å². The lowest BCUT2D eigenvalue weighted by atomic mass is 9.94. The Balaban J connectivity index is 0.834. The summed E-state index contributed by atoms with van der Waals surface area (Å²) in [5.41, 5.74) is 7.47. The molecule has 0 saturated heterocycles. The predicted molar refractivity (Wildman–Crippen MR) is 202 cm³/mol. The van der Waals surface area contributed by atoms with E-state index in [-0.39, 0.29) is 0 Å². The van der Waals surface area contributed by atoms with Crippen molar-refractivity contribution in [3.8, 4) is 0 Å². The molecule has 0 aliphatic carbocycles. The monoisotopic (exact) mass is 610 g/mol. The highest BCUT2D eigenvalue weighted by Crippen LogP contribution is 2.34. The van der Waals surface area contributed by atoms with Gasteiger partial charge in [0.1, 0.15) is 0 Å². The number of para-hydroxylation sites is 2. The lowest BCUT2D eigenvalue weighted by Crippen LogP contribution is -1.95. The molecule has 0 aliphatic heterocycles. The van der Waals surface area contributed by atoms with E-state index in [1.165, 1.54) is 112 Å². The van der Waals surface area contributed by atoms with E-state index in [2.05, 4.69) is 121 Å². The van der Waals surface area contributed by atoms with Crippen LogP contribution in [0.1, 0.15) is 68.9 Å². The molecule has 2 heteroatoms. The second kappa shape index (κ2) is 13.5. The van der Waals surface area contributed by atoms with Crippen LogP contribution in [0.15, 0.2) is 121 Å². The molecule has 0 saturated carbocycles. The predicted octanol–water partition coefficient (Wildman–Crippen LogP) is 12.7. The van der Waals surface area contributed by atoms with Gasteiger partial charge in [0.15, 0.2) is 0 Å². The van der Waals surface area contributed by atoms with Crippen molar-refractivity contribution in [1.82, 2.24) is 9.97 Å². The fraction of sp³-hybridized carbons (Fsp3) is 0.244. The first kappa shape index (κ1) is 29.6. The van der Waals surface area contributed by atoms with Gasteiger partial charge < -0.3 is 0 Å². The van der Waals surface area contributed by atoms with E-state index >= 15 is 0 Å². The molecule has 0 fully saturated rings. The Morgan fingerprint density at radius 1 is 0.298 bits per heavy atom. The average Bonchev–Trinajstić information content (AvgIpc) is 3.13. The van der Waals surface area contributed by atoms with Gasteiger partial charge in [-0.1, -0.05) is 154 Å². The van der Waals surface area contributed by atoms with Crippen LogP contribution in [0.25, 0.3) is 65.2 Å². The maximum atomic E-state index is 5.12. The summed E-state index contributed by atoms with van der Waals surface area (Å²) < 4.78 is 0. The van der Waals surface area contributed by atoms with Crippen LogP contribution in [0.2, 0.25) is 0 Å². The number of unbranched alkanes of at least 4 members (excludes halogenated alkanes) is 8. The Hall–Kier alpha value is -4.82. The third-order valence-electron chi connectivity index (χ3n) is 10.2. The fourth-order valence-corrected chi connectivity index (χ4v) is 7.80. The van der Waals surface area contributed by atoms with Crippen LogP contribution in [0.4, 0.5) is 0 Å². The van der Waals surface area contributed by atoms with Crippen molar-refractivity contribution < 1.29 is 0 Å². The Labute approximate surface area is 277 Å². The smallest absolute Gasteiger partial charge is 0.0790 e. The number of rotatable bonds is 12. The summed E-state index contributed by atoms with van der Waals surface area (Å²) in [5, 5.41) is 10.3. The first-order chi connectivity index (χ1) is 23.3. The van der Waals surface area contributed by atoms with Crippen LogP contribution in [0, 0.1) is 0 Å². The first-order valence-corrected chi connectivity index (χ1v) is 17.7. The highest BCUT2D eigenvalue weighted by molar-refractivity contribution is 6.11. The Bertz CT molecular complexity index is 2190. The highest BCUT2D eigenvalue weighted by atomic mass is 14.7. The van der Waals surface area contributed by atoms with Gasteiger partial charge in [0.05, 0.1) is 22.1 Å². The molecule has 0 radical (unpaired) electrons. The minimum Gasteiger partial charge on any atom is -0.247 e. The SMILES string of the molecule is c1ccc2c(c1)ccc1c(CCCCCCCCCCCc3c4ccccc4nc4c3ccc3ccccc34)c3ccccc3nc12. The van der Waals surface area contributed by atoms with Gasteiger partial charge in [0.2, 0.25) is 0 Å². The molecule has 0 spiro atoms. The lowest BCUT2D eigenvalue weighted by Gasteiger charge is -2.13. The minimum absolute atomic E-state index is 1.12. The molecule has 8 rings (SSSR count). The number of hydrogen-bond acceptors (Lipinski definition) is 2. The Morgan fingerprint density at radius 2 is 0.660 bits per heavy atom. The molecule has 0 bridgehead atoms. The van der Waals surface area contributed by atoms with E-state index < -0.39 is 0 Å². The summed E-state index contributed by atoms with van der Waals surface area (Å²) in [5.74, 6) is 0. The summed E-state index contributed by atoms with van der Waals surface area (Å²) in [4.78, 5) is 10.2. The Morgan fingerprint density at radius 3 is 1.11 bits per heavy atom. The first-order valence-electron chi connectivity index (χ1n) is 17.7. The molecule has 47 heavy (non-hydrogen) atoms. The number of aromatic nitrogens is 2. The third kappa shape index (κ3) is 5.94. The van der Waals surface area contributed by atoms with E-state index in [9.17, 15) is 0 Å². The van der Waals surface area contributed by atoms with Crippen molar-refractivity contribution in [2.45, 2.75) is 70.6 Å². The van der Waals surface area contributed by atoms with Crippen LogP contribution < -0.4 is 0 Å². The van der Waals surface area contributed by atoms with E-state index in [4.69, 9.17) is 9.97 Å². The van der Waals surface area contributed by atoms with E-state index in [0.29, 0.717) is 0 Å². The fourth-order valence-electron chi connectivity index (χ4n) is 7.80. The van der Waals surface area contributed by atoms with Crippen LogP contribution in [0.5, 0.6) is 0 Å². The molecule has 6 aromatic carbocycles. The summed E-state index contributed by atoms with van der Waals surface area (Å²) in [6.45, 7) is 0. The maximum Gasteiger partial charge on any atom is 0.0790 e. The van der Waals surface area contributed by atoms with Crippen LogP contribution in [-0.2, 0) is 12.8 Å². The van der Waals surface area contributed by atoms with Crippen molar-refractivity contribution in [2.75, 3.05) is 0 Å². The maximum absolute atomic E-state index is 5.12. The van der Waals surface area contributed by atoms with E-state index in [0.717, 1.165) is 34.9 Å². The highest BCUT2D eigenvalue weighted by Gasteiger charge is 2.13. The molecule has 0 aliphatic rings. The quantitative estimate of drug-likeness (QED) is 0.0781. The second-order valence-corrected chi connectivity index (χ2v) is 13.3. The average molecular weight is 611 g/mol. The third-order valence-corrected chi connectivity index (χ3v) is 10.2. The second-order valence-electron chi connectivity index (χ2n) is 13.3. The van der Waals surface area contributed by atoms with Crippen molar-refractivity contribution in [3.63, 3.8) is 0 Å². The minimum atomic E-state index is 1.12. The van der Waals surface area contributed by atoms with Crippen LogP contribution in [0.3, 0.4) is 0 Å². The normalized spacial score (nSPS) is 11.9. The molecular weight excluding hydrogens is 569 g/mol. The summed E-state index contributed by atoms with van der Waals surface area (Å²) in [6, 6.07) is 43.8. The number of nitrogens with zero attached hydrogens (tertiary/aromatic N) is 2. The molecule has 0 unspecified atom stereocenters. The Kier molecular flexibility index (Phi) is 8.49. The number of hydrogen-bond donors (Lipinski definition) is 0. The summed E-state index contributed by atoms with van der Waals surface area (Å²) in [7, 11) is 0. The zero-order chi connectivity index (χ0) is 31.4. The summed E-state index contributed by atoms with van der Waals surface area (Å²) >= 11 is 0. The summed E-state index contributed by atoms with van der Waals surface area (Å²) in [6.07, 6.45) is 14.0. The van der Waals surface area contributed by atoms with Crippen molar-refractivity contribution in [1.29, 1.82) is 0 Å². The molecule has 0 N–H and O–H groups in total. The lowest BCUT2D eigenvalue weighted by molar-refractivity contribution is 0.559. The van der Waals surface area contributed by atoms with Crippen molar-refractivity contribution in [2.24, 2.45) is 0 Å². The van der Waals surface area contributed by atoms with Gasteiger partial charge in [0.25, 0.3) is 0 Å². The van der Waals surface area contributed by atoms with Gasteiger partial charge in [-0.05, 0) is 59.7 Å².